The van der Waals surface area contributed by atoms with Gasteiger partial charge in [-0.15, -0.1) is 0 Å². The van der Waals surface area contributed by atoms with Gasteiger partial charge in [0.25, 0.3) is 11.1 Å². The van der Waals surface area contributed by atoms with E-state index in [0.29, 0.717) is 33.0 Å². The van der Waals surface area contributed by atoms with Gasteiger partial charge < -0.3 is 4.57 Å². The number of halogens is 2. The molecule has 0 spiro atoms. The zero-order valence-electron chi connectivity index (χ0n) is 14.6. The molecule has 0 atom stereocenters. The number of aromatic nitrogens is 3. The largest absolute Gasteiger partial charge is 0.316 e. The van der Waals surface area contributed by atoms with Gasteiger partial charge in [-0.25, -0.2) is 8.42 Å². The first kappa shape index (κ1) is 21.0. The molecule has 0 bridgehead atoms. The van der Waals surface area contributed by atoms with Crippen LogP contribution in [0.3, 0.4) is 0 Å². The summed E-state index contributed by atoms with van der Waals surface area (Å²) in [6.45, 7) is 0. The lowest BCUT2D eigenvalue weighted by Gasteiger charge is -2.09. The summed E-state index contributed by atoms with van der Waals surface area (Å²) in [7, 11) is -3.60. The number of sulfone groups is 1. The van der Waals surface area contributed by atoms with Gasteiger partial charge in [0.05, 0.1) is 10.7 Å². The van der Waals surface area contributed by atoms with Crippen molar-refractivity contribution in [3.8, 4) is 11.8 Å². The molecule has 8 nitrogen and oxygen atoms in total. The SMILES string of the molecule is CS(=O)(=O)c1nsc(NC(=O)/C(C#N)=C\c2cccn2-c2ccc(Cl)cc2Cl)n1. The van der Waals surface area contributed by atoms with Crippen LogP contribution in [0.4, 0.5) is 5.13 Å². The van der Waals surface area contributed by atoms with Crippen LogP contribution in [0, 0.1) is 11.3 Å². The summed E-state index contributed by atoms with van der Waals surface area (Å²) >= 11 is 12.9. The maximum Gasteiger partial charge on any atom is 0.268 e. The molecule has 2 aromatic heterocycles. The molecule has 0 fully saturated rings. The lowest BCUT2D eigenvalue weighted by atomic mass is 10.2. The minimum Gasteiger partial charge on any atom is -0.316 e. The summed E-state index contributed by atoms with van der Waals surface area (Å²) in [5.74, 6) is -0.751. The highest BCUT2D eigenvalue weighted by Gasteiger charge is 2.18. The van der Waals surface area contributed by atoms with Crippen LogP contribution in [-0.2, 0) is 14.6 Å². The minimum absolute atomic E-state index is 0.0345. The maximum absolute atomic E-state index is 12.4. The van der Waals surface area contributed by atoms with E-state index in [0.717, 1.165) is 6.26 Å². The Morgan fingerprint density at radius 2 is 2.10 bits per heavy atom. The molecule has 0 radical (unpaired) electrons. The molecular weight excluding hydrogens is 457 g/mol. The van der Waals surface area contributed by atoms with Crippen molar-refractivity contribution in [3.63, 3.8) is 0 Å². The van der Waals surface area contributed by atoms with Crippen molar-refractivity contribution >= 4 is 61.7 Å². The van der Waals surface area contributed by atoms with E-state index < -0.39 is 20.9 Å². The molecule has 3 rings (SSSR count). The summed E-state index contributed by atoms with van der Waals surface area (Å²) in [4.78, 5) is 16.2. The van der Waals surface area contributed by atoms with Gasteiger partial charge in [0, 0.05) is 34.7 Å². The summed E-state index contributed by atoms with van der Waals surface area (Å²) in [6, 6.07) is 10.2. The average Bonchev–Trinajstić information content (AvgIpc) is 3.28. The van der Waals surface area contributed by atoms with Crippen molar-refractivity contribution in [2.75, 3.05) is 11.6 Å². The van der Waals surface area contributed by atoms with Crippen LogP contribution in [-0.4, -0.2) is 34.5 Å². The number of nitrogens with zero attached hydrogens (tertiary/aromatic N) is 4. The van der Waals surface area contributed by atoms with Crippen molar-refractivity contribution in [2.45, 2.75) is 5.16 Å². The fourth-order valence-corrected chi connectivity index (χ4v) is 4.22. The molecular formula is C17H11Cl2N5O3S2. The van der Waals surface area contributed by atoms with E-state index in [9.17, 15) is 18.5 Å². The first-order chi connectivity index (χ1) is 13.7. The van der Waals surface area contributed by atoms with E-state index >= 15 is 0 Å². The second kappa shape index (κ2) is 8.34. The highest BCUT2D eigenvalue weighted by atomic mass is 35.5. The topological polar surface area (TPSA) is 118 Å². The molecule has 2 heterocycles. The fraction of sp³-hybridized carbons (Fsp3) is 0.0588. The Hall–Kier alpha value is -2.71. The van der Waals surface area contributed by atoms with Crippen LogP contribution in [0.1, 0.15) is 5.69 Å². The molecule has 0 aliphatic rings. The second-order valence-electron chi connectivity index (χ2n) is 5.68. The molecule has 0 aliphatic carbocycles. The van der Waals surface area contributed by atoms with E-state index in [4.69, 9.17) is 23.2 Å². The van der Waals surface area contributed by atoms with Gasteiger partial charge in [-0.05, 0) is 36.4 Å². The molecule has 1 amide bonds. The van der Waals surface area contributed by atoms with E-state index in [-0.39, 0.29) is 10.7 Å². The summed E-state index contributed by atoms with van der Waals surface area (Å²) in [5, 5.41) is 12.2. The number of carbonyl (C=O) groups excluding carboxylic acids is 1. The molecule has 148 valence electrons. The molecule has 0 saturated heterocycles. The number of rotatable bonds is 5. The Labute approximate surface area is 180 Å². The van der Waals surface area contributed by atoms with Crippen molar-refractivity contribution in [1.29, 1.82) is 5.26 Å². The number of nitriles is 1. The van der Waals surface area contributed by atoms with E-state index in [1.54, 1.807) is 41.1 Å². The molecule has 1 N–H and O–H groups in total. The normalized spacial score (nSPS) is 11.9. The van der Waals surface area contributed by atoms with Crippen molar-refractivity contribution in [2.24, 2.45) is 0 Å². The van der Waals surface area contributed by atoms with Gasteiger partial charge >= 0.3 is 0 Å². The second-order valence-corrected chi connectivity index (χ2v) is 9.18. The average molecular weight is 468 g/mol. The standard InChI is InChI=1S/C17H11Cl2N5O3S2/c1-29(26,27)17-22-16(28-23-17)21-15(25)10(9-20)7-12-3-2-6-24(12)14-5-4-11(18)8-13(14)19/h2-8H,1H3,(H,21,22,23,25)/b10-7-. The Morgan fingerprint density at radius 1 is 1.34 bits per heavy atom. The van der Waals surface area contributed by atoms with E-state index in [1.165, 1.54) is 6.08 Å². The third-order valence-electron chi connectivity index (χ3n) is 3.57. The number of anilines is 1. The Morgan fingerprint density at radius 3 is 2.72 bits per heavy atom. The number of benzene rings is 1. The number of carbonyl (C=O) groups is 1. The van der Waals surface area contributed by atoms with E-state index in [2.05, 4.69) is 14.7 Å². The predicted octanol–water partition coefficient (Wildman–Crippen LogP) is 3.58. The van der Waals surface area contributed by atoms with Crippen LogP contribution in [0.2, 0.25) is 10.0 Å². The highest BCUT2D eigenvalue weighted by molar-refractivity contribution is 7.90. The van der Waals surface area contributed by atoms with Crippen LogP contribution in [0.25, 0.3) is 11.8 Å². The van der Waals surface area contributed by atoms with Gasteiger partial charge in [-0.3, -0.25) is 10.1 Å². The molecule has 29 heavy (non-hydrogen) atoms. The van der Waals surface area contributed by atoms with Crippen LogP contribution in [0.5, 0.6) is 0 Å². The Bertz CT molecular complexity index is 1270. The summed E-state index contributed by atoms with van der Waals surface area (Å²) < 4.78 is 28.2. The van der Waals surface area contributed by atoms with Crippen LogP contribution < -0.4 is 5.32 Å². The Kier molecular flexibility index (Phi) is 6.04. The van der Waals surface area contributed by atoms with Crippen LogP contribution >= 0.6 is 34.7 Å². The highest BCUT2D eigenvalue weighted by Crippen LogP contribution is 2.26. The number of hydrogen-bond donors (Lipinski definition) is 1. The molecule has 0 saturated carbocycles. The third-order valence-corrected chi connectivity index (χ3v) is 5.70. The lowest BCUT2D eigenvalue weighted by molar-refractivity contribution is -0.112. The first-order valence-electron chi connectivity index (χ1n) is 7.79. The molecule has 1 aromatic carbocycles. The smallest absolute Gasteiger partial charge is 0.268 e. The summed E-state index contributed by atoms with van der Waals surface area (Å²) in [6.07, 6.45) is 4.05. The van der Waals surface area contributed by atoms with Gasteiger partial charge in [0.15, 0.2) is 0 Å². The number of amides is 1. The quantitative estimate of drug-likeness (QED) is 0.452. The number of nitrogens with one attached hydrogen (secondary N) is 1. The van der Waals surface area contributed by atoms with E-state index in [1.807, 2.05) is 6.07 Å². The third kappa shape index (κ3) is 4.83. The number of hydrogen-bond acceptors (Lipinski definition) is 7. The van der Waals surface area contributed by atoms with Crippen molar-refractivity contribution < 1.29 is 13.2 Å². The zero-order valence-corrected chi connectivity index (χ0v) is 17.8. The van der Waals surface area contributed by atoms with Gasteiger partial charge in [-0.2, -0.15) is 14.6 Å². The molecule has 0 unspecified atom stereocenters. The Balaban J connectivity index is 1.89. The van der Waals surface area contributed by atoms with Gasteiger partial charge in [0.2, 0.25) is 15.0 Å². The maximum atomic E-state index is 12.4. The molecule has 3 aromatic rings. The summed E-state index contributed by atoms with van der Waals surface area (Å²) in [5.41, 5.74) is 0.924. The van der Waals surface area contributed by atoms with Gasteiger partial charge in [-0.1, -0.05) is 23.2 Å². The lowest BCUT2D eigenvalue weighted by Crippen LogP contribution is -2.14. The minimum atomic E-state index is -3.60. The van der Waals surface area contributed by atoms with Crippen LogP contribution in [0.15, 0.2) is 47.3 Å². The van der Waals surface area contributed by atoms with Crippen molar-refractivity contribution in [1.82, 2.24) is 13.9 Å². The fourth-order valence-electron chi connectivity index (χ4n) is 2.28. The van der Waals surface area contributed by atoms with Gasteiger partial charge in [0.1, 0.15) is 11.6 Å². The predicted molar refractivity (Wildman–Crippen MR) is 111 cm³/mol. The first-order valence-corrected chi connectivity index (χ1v) is 11.2. The monoisotopic (exact) mass is 467 g/mol. The van der Waals surface area contributed by atoms with Crippen molar-refractivity contribution in [3.05, 3.63) is 57.8 Å². The zero-order chi connectivity index (χ0) is 21.2. The molecule has 0 aliphatic heterocycles. The molecule has 12 heteroatoms.